The van der Waals surface area contributed by atoms with E-state index < -0.39 is 0 Å². The van der Waals surface area contributed by atoms with Gasteiger partial charge in [0.15, 0.2) is 0 Å². The summed E-state index contributed by atoms with van der Waals surface area (Å²) in [6.07, 6.45) is 0. The van der Waals surface area contributed by atoms with E-state index in [2.05, 4.69) is 37.2 Å². The van der Waals surface area contributed by atoms with Gasteiger partial charge in [0, 0.05) is 15.5 Å². The summed E-state index contributed by atoms with van der Waals surface area (Å²) < 4.78 is 7.08. The predicted octanol–water partition coefficient (Wildman–Crippen LogP) is 4.15. The van der Waals surface area contributed by atoms with Crippen LogP contribution in [0.4, 0.5) is 0 Å². The third kappa shape index (κ3) is 3.84. The first-order valence-electron chi connectivity index (χ1n) is 5.96. The molecule has 0 aliphatic carbocycles. The van der Waals surface area contributed by atoms with Crippen molar-refractivity contribution in [2.75, 3.05) is 7.11 Å². The molecule has 0 saturated carbocycles. The number of hydrogen-bond acceptors (Lipinski definition) is 2. The number of rotatable bonds is 4. The summed E-state index contributed by atoms with van der Waals surface area (Å²) in [5.74, 6) is 0.389. The van der Waals surface area contributed by atoms with Crippen LogP contribution >= 0.6 is 31.9 Å². The zero-order valence-electron chi connectivity index (χ0n) is 10.8. The number of carbonyl (C=O) groups is 1. The Balaban J connectivity index is 2.09. The maximum Gasteiger partial charge on any atom is 0.255 e. The van der Waals surface area contributed by atoms with Crippen LogP contribution in [0.5, 0.6) is 5.75 Å². The summed E-state index contributed by atoms with van der Waals surface area (Å²) in [5.41, 5.74) is 1.55. The number of benzene rings is 2. The van der Waals surface area contributed by atoms with E-state index >= 15 is 0 Å². The summed E-state index contributed by atoms with van der Waals surface area (Å²) in [6.45, 7) is 0.470. The molecule has 2 aromatic carbocycles. The van der Waals surface area contributed by atoms with E-state index in [1.165, 1.54) is 0 Å². The minimum absolute atomic E-state index is 0.158. The number of hydrogen-bond donors (Lipinski definition) is 1. The third-order valence-corrected chi connectivity index (χ3v) is 3.74. The minimum atomic E-state index is -0.158. The summed E-state index contributed by atoms with van der Waals surface area (Å²) in [7, 11) is 1.55. The van der Waals surface area contributed by atoms with Crippen LogP contribution in [0, 0.1) is 0 Å². The first kappa shape index (κ1) is 15.1. The van der Waals surface area contributed by atoms with Crippen molar-refractivity contribution >= 4 is 37.8 Å². The fourth-order valence-electron chi connectivity index (χ4n) is 1.78. The molecule has 104 valence electrons. The van der Waals surface area contributed by atoms with Crippen LogP contribution < -0.4 is 10.1 Å². The van der Waals surface area contributed by atoms with E-state index in [1.54, 1.807) is 19.2 Å². The third-order valence-electron chi connectivity index (χ3n) is 2.75. The van der Waals surface area contributed by atoms with E-state index in [0.717, 1.165) is 14.5 Å². The van der Waals surface area contributed by atoms with Crippen LogP contribution in [0.3, 0.4) is 0 Å². The zero-order chi connectivity index (χ0) is 14.5. The Labute approximate surface area is 134 Å². The standard InChI is InChI=1S/C15H13Br2NO2/c1-20-14-8-12(17)5-6-13(14)15(19)18-9-10-3-2-4-11(16)7-10/h2-8H,9H2,1H3,(H,18,19). The molecule has 3 nitrogen and oxygen atoms in total. The van der Waals surface area contributed by atoms with Gasteiger partial charge < -0.3 is 10.1 Å². The largest absolute Gasteiger partial charge is 0.496 e. The molecule has 0 atom stereocenters. The molecule has 20 heavy (non-hydrogen) atoms. The first-order chi connectivity index (χ1) is 9.60. The van der Waals surface area contributed by atoms with Gasteiger partial charge in [-0.05, 0) is 35.9 Å². The Morgan fingerprint density at radius 1 is 1.15 bits per heavy atom. The Hall–Kier alpha value is -1.33. The fourth-order valence-corrected chi connectivity index (χ4v) is 2.56. The number of nitrogens with one attached hydrogen (secondary N) is 1. The van der Waals surface area contributed by atoms with Crippen LogP contribution in [-0.2, 0) is 6.54 Å². The van der Waals surface area contributed by atoms with Crippen LogP contribution in [0.1, 0.15) is 15.9 Å². The van der Waals surface area contributed by atoms with Gasteiger partial charge in [0.25, 0.3) is 5.91 Å². The summed E-state index contributed by atoms with van der Waals surface area (Å²) >= 11 is 6.76. The van der Waals surface area contributed by atoms with Crippen molar-refractivity contribution < 1.29 is 9.53 Å². The zero-order valence-corrected chi connectivity index (χ0v) is 14.0. The molecule has 0 radical (unpaired) electrons. The van der Waals surface area contributed by atoms with E-state index in [9.17, 15) is 4.79 Å². The van der Waals surface area contributed by atoms with Crippen molar-refractivity contribution in [2.45, 2.75) is 6.54 Å². The van der Waals surface area contributed by atoms with Crippen LogP contribution in [0.15, 0.2) is 51.4 Å². The topological polar surface area (TPSA) is 38.3 Å². The average Bonchev–Trinajstić information content (AvgIpc) is 2.44. The van der Waals surface area contributed by atoms with Crippen molar-refractivity contribution in [1.82, 2.24) is 5.32 Å². The minimum Gasteiger partial charge on any atom is -0.496 e. The second kappa shape index (κ2) is 6.90. The predicted molar refractivity (Wildman–Crippen MR) is 86.0 cm³/mol. The lowest BCUT2D eigenvalue weighted by Crippen LogP contribution is -2.23. The lowest BCUT2D eigenvalue weighted by molar-refractivity contribution is 0.0948. The lowest BCUT2D eigenvalue weighted by Gasteiger charge is -2.10. The molecule has 0 unspecified atom stereocenters. The number of ether oxygens (including phenoxy) is 1. The molecule has 0 fully saturated rings. The Morgan fingerprint density at radius 2 is 1.90 bits per heavy atom. The molecule has 0 aromatic heterocycles. The Bertz CT molecular complexity index is 629. The fraction of sp³-hybridized carbons (Fsp3) is 0.133. The highest BCUT2D eigenvalue weighted by molar-refractivity contribution is 9.10. The molecule has 0 heterocycles. The monoisotopic (exact) mass is 397 g/mol. The first-order valence-corrected chi connectivity index (χ1v) is 7.55. The molecular weight excluding hydrogens is 386 g/mol. The number of amides is 1. The highest BCUT2D eigenvalue weighted by atomic mass is 79.9. The van der Waals surface area contributed by atoms with Crippen molar-refractivity contribution in [3.8, 4) is 5.75 Å². The maximum absolute atomic E-state index is 12.2. The summed E-state index contributed by atoms with van der Waals surface area (Å²) in [5, 5.41) is 2.88. The smallest absolute Gasteiger partial charge is 0.255 e. The lowest BCUT2D eigenvalue weighted by atomic mass is 10.1. The van der Waals surface area contributed by atoms with Gasteiger partial charge in [0.05, 0.1) is 12.7 Å². The van der Waals surface area contributed by atoms with E-state index in [0.29, 0.717) is 17.9 Å². The Kier molecular flexibility index (Phi) is 5.20. The van der Waals surface area contributed by atoms with Crippen molar-refractivity contribution in [3.63, 3.8) is 0 Å². The van der Waals surface area contributed by atoms with Crippen LogP contribution in [0.25, 0.3) is 0 Å². The van der Waals surface area contributed by atoms with Gasteiger partial charge in [0.1, 0.15) is 5.75 Å². The van der Waals surface area contributed by atoms with Gasteiger partial charge >= 0.3 is 0 Å². The molecule has 5 heteroatoms. The summed E-state index contributed by atoms with van der Waals surface area (Å²) in [6, 6.07) is 13.1. The van der Waals surface area contributed by atoms with Crippen molar-refractivity contribution in [2.24, 2.45) is 0 Å². The second-order valence-corrected chi connectivity index (χ2v) is 5.99. The van der Waals surface area contributed by atoms with Crippen molar-refractivity contribution in [3.05, 3.63) is 62.5 Å². The van der Waals surface area contributed by atoms with Crippen LogP contribution in [0.2, 0.25) is 0 Å². The molecule has 1 amide bonds. The van der Waals surface area contributed by atoms with E-state index in [1.807, 2.05) is 30.3 Å². The summed E-state index contributed by atoms with van der Waals surface area (Å²) in [4.78, 5) is 12.2. The number of halogens is 2. The second-order valence-electron chi connectivity index (χ2n) is 4.16. The molecule has 0 aliphatic heterocycles. The van der Waals surface area contributed by atoms with Crippen LogP contribution in [-0.4, -0.2) is 13.0 Å². The van der Waals surface area contributed by atoms with Gasteiger partial charge in [-0.15, -0.1) is 0 Å². The molecule has 1 N–H and O–H groups in total. The molecule has 0 bridgehead atoms. The highest BCUT2D eigenvalue weighted by Crippen LogP contribution is 2.23. The number of methoxy groups -OCH3 is 1. The average molecular weight is 399 g/mol. The normalized spacial score (nSPS) is 10.2. The molecule has 2 aromatic rings. The van der Waals surface area contributed by atoms with Crippen molar-refractivity contribution in [1.29, 1.82) is 0 Å². The SMILES string of the molecule is COc1cc(Br)ccc1C(=O)NCc1cccc(Br)c1. The molecule has 0 saturated heterocycles. The van der Waals surface area contributed by atoms with Gasteiger partial charge in [-0.3, -0.25) is 4.79 Å². The van der Waals surface area contributed by atoms with E-state index in [-0.39, 0.29) is 5.91 Å². The van der Waals surface area contributed by atoms with Gasteiger partial charge in [0.2, 0.25) is 0 Å². The quantitative estimate of drug-likeness (QED) is 0.839. The molecule has 2 rings (SSSR count). The molecule has 0 spiro atoms. The van der Waals surface area contributed by atoms with Gasteiger partial charge in [-0.25, -0.2) is 0 Å². The van der Waals surface area contributed by atoms with Gasteiger partial charge in [-0.1, -0.05) is 44.0 Å². The maximum atomic E-state index is 12.2. The van der Waals surface area contributed by atoms with E-state index in [4.69, 9.17) is 4.74 Å². The Morgan fingerprint density at radius 3 is 2.60 bits per heavy atom. The molecular formula is C15H13Br2NO2. The highest BCUT2D eigenvalue weighted by Gasteiger charge is 2.12. The molecule has 0 aliphatic rings. The number of carbonyl (C=O) groups excluding carboxylic acids is 1. The van der Waals surface area contributed by atoms with Gasteiger partial charge in [-0.2, -0.15) is 0 Å².